The van der Waals surface area contributed by atoms with Crippen molar-refractivity contribution in [3.8, 4) is 5.75 Å². The average Bonchev–Trinajstić information content (AvgIpc) is 2.48. The first-order valence-electron chi connectivity index (χ1n) is 7.43. The molecule has 0 aliphatic carbocycles. The summed E-state index contributed by atoms with van der Waals surface area (Å²) in [7, 11) is 0. The maximum atomic E-state index is 5.78. The minimum Gasteiger partial charge on any atom is -0.492 e. The van der Waals surface area contributed by atoms with E-state index in [1.165, 1.54) is 24.9 Å². The second kappa shape index (κ2) is 8.00. The highest BCUT2D eigenvalue weighted by Gasteiger charge is 2.11. The van der Waals surface area contributed by atoms with E-state index < -0.39 is 0 Å². The fourth-order valence-electron chi connectivity index (χ4n) is 2.30. The Balaban J connectivity index is 1.81. The molecule has 1 aromatic rings. The van der Waals surface area contributed by atoms with Gasteiger partial charge in [0.25, 0.3) is 0 Å². The molecule has 0 amide bonds. The highest BCUT2D eigenvalue weighted by atomic mass is 16.5. The van der Waals surface area contributed by atoms with E-state index in [9.17, 15) is 0 Å². The number of nitrogens with zero attached hydrogens (tertiary/aromatic N) is 2. The third kappa shape index (κ3) is 4.71. The lowest BCUT2D eigenvalue weighted by Gasteiger charge is -2.29. The van der Waals surface area contributed by atoms with Gasteiger partial charge < -0.3 is 15.0 Å². The summed E-state index contributed by atoms with van der Waals surface area (Å²) in [6.07, 6.45) is 8.68. The number of unbranched alkanes of at least 4 members (excludes halogenated alkanes) is 3. The monoisotopic (exact) mass is 263 g/mol. The largest absolute Gasteiger partial charge is 0.492 e. The van der Waals surface area contributed by atoms with E-state index in [-0.39, 0.29) is 0 Å². The van der Waals surface area contributed by atoms with Crippen LogP contribution in [0.3, 0.4) is 0 Å². The summed E-state index contributed by atoms with van der Waals surface area (Å²) in [5, 5.41) is 3.36. The zero-order valence-electron chi connectivity index (χ0n) is 11.9. The van der Waals surface area contributed by atoms with Crippen LogP contribution in [0.15, 0.2) is 18.5 Å². The molecule has 1 saturated heterocycles. The van der Waals surface area contributed by atoms with E-state index >= 15 is 0 Å². The van der Waals surface area contributed by atoms with Crippen LogP contribution >= 0.6 is 0 Å². The second-order valence-electron chi connectivity index (χ2n) is 5.03. The molecule has 1 N–H and O–H groups in total. The summed E-state index contributed by atoms with van der Waals surface area (Å²) in [6, 6.07) is 2.11. The van der Waals surface area contributed by atoms with E-state index in [2.05, 4.69) is 28.2 Å². The molecule has 0 aromatic carbocycles. The van der Waals surface area contributed by atoms with Crippen LogP contribution in [-0.2, 0) is 0 Å². The summed E-state index contributed by atoms with van der Waals surface area (Å²) in [5.74, 6) is 0.896. The van der Waals surface area contributed by atoms with Crippen LogP contribution in [0.1, 0.15) is 32.6 Å². The molecule has 0 atom stereocenters. The number of hydrogen-bond acceptors (Lipinski definition) is 4. The topological polar surface area (TPSA) is 37.4 Å². The Hall–Kier alpha value is -1.29. The lowest BCUT2D eigenvalue weighted by Crippen LogP contribution is -2.43. The first-order valence-corrected chi connectivity index (χ1v) is 7.43. The number of nitrogens with one attached hydrogen (secondary N) is 1. The van der Waals surface area contributed by atoms with Gasteiger partial charge in [-0.25, -0.2) is 0 Å². The molecular weight excluding hydrogens is 238 g/mol. The normalized spacial score (nSPS) is 15.5. The summed E-state index contributed by atoms with van der Waals surface area (Å²) in [6.45, 7) is 7.20. The van der Waals surface area contributed by atoms with Crippen LogP contribution in [0.4, 0.5) is 5.69 Å². The van der Waals surface area contributed by atoms with Crippen molar-refractivity contribution in [2.45, 2.75) is 32.6 Å². The van der Waals surface area contributed by atoms with E-state index in [0.29, 0.717) is 0 Å². The second-order valence-corrected chi connectivity index (χ2v) is 5.03. The van der Waals surface area contributed by atoms with Crippen LogP contribution in [0.5, 0.6) is 5.75 Å². The molecule has 1 aliphatic heterocycles. The predicted octanol–water partition coefficient (Wildman–Crippen LogP) is 2.45. The Morgan fingerprint density at radius 2 is 2.05 bits per heavy atom. The fraction of sp³-hybridized carbons (Fsp3) is 0.667. The van der Waals surface area contributed by atoms with E-state index in [0.717, 1.165) is 45.0 Å². The van der Waals surface area contributed by atoms with Crippen molar-refractivity contribution in [3.63, 3.8) is 0 Å². The Morgan fingerprint density at radius 1 is 1.21 bits per heavy atom. The molecule has 0 bridgehead atoms. The van der Waals surface area contributed by atoms with Crippen LogP contribution in [-0.4, -0.2) is 37.8 Å². The van der Waals surface area contributed by atoms with Crippen LogP contribution in [0, 0.1) is 0 Å². The number of anilines is 1. The van der Waals surface area contributed by atoms with Gasteiger partial charge in [0.15, 0.2) is 0 Å². The standard InChI is InChI=1S/C15H25N3O/c1-2-3-4-5-10-19-15-11-14(12-17-13-15)18-8-6-16-7-9-18/h11-13,16H,2-10H2,1H3. The van der Waals surface area contributed by atoms with Gasteiger partial charge in [-0.3, -0.25) is 4.98 Å². The zero-order valence-corrected chi connectivity index (χ0v) is 11.9. The first kappa shape index (κ1) is 14.1. The van der Waals surface area contributed by atoms with Crippen LogP contribution in [0.25, 0.3) is 0 Å². The third-order valence-electron chi connectivity index (χ3n) is 3.45. The summed E-state index contributed by atoms with van der Waals surface area (Å²) < 4.78 is 5.78. The van der Waals surface area contributed by atoms with Crippen LogP contribution < -0.4 is 15.0 Å². The van der Waals surface area contributed by atoms with Gasteiger partial charge in [-0.2, -0.15) is 0 Å². The lowest BCUT2D eigenvalue weighted by molar-refractivity contribution is 0.304. The molecular formula is C15H25N3O. The quantitative estimate of drug-likeness (QED) is 0.767. The van der Waals surface area contributed by atoms with Crippen molar-refractivity contribution in [1.82, 2.24) is 10.3 Å². The van der Waals surface area contributed by atoms with Crippen molar-refractivity contribution in [2.75, 3.05) is 37.7 Å². The molecule has 0 radical (unpaired) electrons. The smallest absolute Gasteiger partial charge is 0.139 e. The maximum Gasteiger partial charge on any atom is 0.139 e. The molecule has 1 aromatic heterocycles. The lowest BCUT2D eigenvalue weighted by atomic mass is 10.2. The first-order chi connectivity index (χ1) is 9.40. The number of aromatic nitrogens is 1. The van der Waals surface area contributed by atoms with Gasteiger partial charge in [0.1, 0.15) is 5.75 Å². The molecule has 2 heterocycles. The van der Waals surface area contributed by atoms with Crippen molar-refractivity contribution in [3.05, 3.63) is 18.5 Å². The number of hydrogen-bond donors (Lipinski definition) is 1. The third-order valence-corrected chi connectivity index (χ3v) is 3.45. The fourth-order valence-corrected chi connectivity index (χ4v) is 2.30. The van der Waals surface area contributed by atoms with Gasteiger partial charge in [-0.05, 0) is 6.42 Å². The number of ether oxygens (including phenoxy) is 1. The van der Waals surface area contributed by atoms with Crippen LogP contribution in [0.2, 0.25) is 0 Å². The SMILES string of the molecule is CCCCCCOc1cncc(N2CCNCC2)c1. The number of pyridine rings is 1. The molecule has 1 aliphatic rings. The van der Waals surface area contributed by atoms with Crippen molar-refractivity contribution < 1.29 is 4.74 Å². The summed E-state index contributed by atoms with van der Waals surface area (Å²) in [4.78, 5) is 6.64. The van der Waals surface area contributed by atoms with E-state index in [1.807, 2.05) is 12.4 Å². The molecule has 1 fully saturated rings. The molecule has 2 rings (SSSR count). The highest BCUT2D eigenvalue weighted by Crippen LogP contribution is 2.20. The summed E-state index contributed by atoms with van der Waals surface area (Å²) in [5.41, 5.74) is 1.17. The van der Waals surface area contributed by atoms with Crippen molar-refractivity contribution in [1.29, 1.82) is 0 Å². The van der Waals surface area contributed by atoms with Gasteiger partial charge in [0.2, 0.25) is 0 Å². The van der Waals surface area contributed by atoms with E-state index in [4.69, 9.17) is 4.74 Å². The molecule has 4 nitrogen and oxygen atoms in total. The zero-order chi connectivity index (χ0) is 13.3. The van der Waals surface area contributed by atoms with Gasteiger partial charge >= 0.3 is 0 Å². The Labute approximate surface area is 116 Å². The molecule has 19 heavy (non-hydrogen) atoms. The molecule has 0 saturated carbocycles. The minimum absolute atomic E-state index is 0.798. The number of rotatable bonds is 7. The van der Waals surface area contributed by atoms with Crippen molar-refractivity contribution >= 4 is 5.69 Å². The van der Waals surface area contributed by atoms with Gasteiger partial charge in [-0.15, -0.1) is 0 Å². The van der Waals surface area contributed by atoms with Gasteiger partial charge in [0, 0.05) is 32.2 Å². The van der Waals surface area contributed by atoms with Gasteiger partial charge in [0.05, 0.1) is 24.7 Å². The van der Waals surface area contributed by atoms with E-state index in [1.54, 1.807) is 0 Å². The van der Waals surface area contributed by atoms with Crippen molar-refractivity contribution in [2.24, 2.45) is 0 Å². The summed E-state index contributed by atoms with van der Waals surface area (Å²) >= 11 is 0. The molecule has 0 unspecified atom stereocenters. The Morgan fingerprint density at radius 3 is 2.84 bits per heavy atom. The maximum absolute atomic E-state index is 5.78. The molecule has 4 heteroatoms. The Bertz CT molecular complexity index is 364. The molecule has 0 spiro atoms. The van der Waals surface area contributed by atoms with Gasteiger partial charge in [-0.1, -0.05) is 26.2 Å². The number of piperazine rings is 1. The predicted molar refractivity (Wildman–Crippen MR) is 79.0 cm³/mol. The highest BCUT2D eigenvalue weighted by molar-refractivity contribution is 5.48. The minimum atomic E-state index is 0.798. The average molecular weight is 263 g/mol. The Kier molecular flexibility index (Phi) is 5.95. The molecule has 106 valence electrons.